The molecule has 2 aromatic heterocycles. The summed E-state index contributed by atoms with van der Waals surface area (Å²) in [6.07, 6.45) is 3.54. The monoisotopic (exact) mass is 186 g/mol. The van der Waals surface area contributed by atoms with E-state index in [2.05, 4.69) is 20.2 Å². The lowest BCUT2D eigenvalue weighted by Crippen LogP contribution is -1.94. The van der Waals surface area contributed by atoms with Crippen molar-refractivity contribution >= 4 is 0 Å². The number of hydrogen-bond donors (Lipinski definition) is 0. The van der Waals surface area contributed by atoms with Crippen LogP contribution in [0.1, 0.15) is 11.3 Å². The molecule has 0 bridgehead atoms. The van der Waals surface area contributed by atoms with Gasteiger partial charge in [-0.2, -0.15) is 5.10 Å². The van der Waals surface area contributed by atoms with Gasteiger partial charge in [-0.05, 0) is 31.5 Å². The quantitative estimate of drug-likeness (QED) is 0.678. The summed E-state index contributed by atoms with van der Waals surface area (Å²) in [5.74, 6) is 0.614. The molecule has 0 unspecified atom stereocenters. The highest BCUT2D eigenvalue weighted by atomic mass is 15.1. The van der Waals surface area contributed by atoms with Crippen LogP contribution in [0.5, 0.6) is 0 Å². The van der Waals surface area contributed by atoms with Gasteiger partial charge in [-0.1, -0.05) is 0 Å². The van der Waals surface area contributed by atoms with Gasteiger partial charge in [0.1, 0.15) is 5.69 Å². The molecule has 70 valence electrons. The van der Waals surface area contributed by atoms with E-state index in [1.165, 1.54) is 0 Å². The highest BCUT2D eigenvalue weighted by Crippen LogP contribution is 2.09. The fourth-order valence-electron chi connectivity index (χ4n) is 1.04. The Labute approximate surface area is 82.1 Å². The van der Waals surface area contributed by atoms with Crippen LogP contribution >= 0.6 is 0 Å². The van der Waals surface area contributed by atoms with Crippen LogP contribution < -0.4 is 0 Å². The maximum atomic E-state index is 4.16. The lowest BCUT2D eigenvalue weighted by molar-refractivity contribution is 0.968. The minimum Gasteiger partial charge on any atom is -0.235 e. The second-order valence-corrected chi connectivity index (χ2v) is 3.14. The van der Waals surface area contributed by atoms with E-state index < -0.39 is 0 Å². The molecule has 0 saturated carbocycles. The third-order valence-electron chi connectivity index (χ3n) is 1.81. The Bertz CT molecular complexity index is 375. The van der Waals surface area contributed by atoms with Crippen LogP contribution in [0, 0.1) is 13.8 Å². The second kappa shape index (κ2) is 3.49. The molecule has 0 aliphatic rings. The molecule has 2 aromatic rings. The molecule has 0 aromatic carbocycles. The van der Waals surface area contributed by atoms with E-state index in [4.69, 9.17) is 0 Å². The van der Waals surface area contributed by atoms with Crippen molar-refractivity contribution in [2.75, 3.05) is 0 Å². The van der Waals surface area contributed by atoms with Gasteiger partial charge in [0.2, 0.25) is 0 Å². The molecule has 4 nitrogen and oxygen atoms in total. The first kappa shape index (κ1) is 8.74. The molecular weight excluding hydrogens is 176 g/mol. The van der Waals surface area contributed by atoms with Crippen LogP contribution in [0.25, 0.3) is 11.5 Å². The third kappa shape index (κ3) is 1.74. The molecule has 4 heteroatoms. The smallest absolute Gasteiger partial charge is 0.180 e. The number of hydrogen-bond acceptors (Lipinski definition) is 4. The fraction of sp³-hybridized carbons (Fsp3) is 0.200. The number of rotatable bonds is 1. The van der Waals surface area contributed by atoms with Crippen molar-refractivity contribution in [2.24, 2.45) is 0 Å². The molecular formula is C10H10N4. The van der Waals surface area contributed by atoms with Gasteiger partial charge in [0, 0.05) is 12.4 Å². The van der Waals surface area contributed by atoms with Crippen molar-refractivity contribution in [1.82, 2.24) is 20.2 Å². The molecule has 14 heavy (non-hydrogen) atoms. The van der Waals surface area contributed by atoms with Crippen LogP contribution in [0.15, 0.2) is 24.5 Å². The maximum Gasteiger partial charge on any atom is 0.180 e. The molecule has 0 saturated heterocycles. The highest BCUT2D eigenvalue weighted by molar-refractivity contribution is 5.47. The van der Waals surface area contributed by atoms with Gasteiger partial charge in [-0.3, -0.25) is 0 Å². The van der Waals surface area contributed by atoms with Gasteiger partial charge in [0.15, 0.2) is 5.82 Å². The van der Waals surface area contributed by atoms with Crippen molar-refractivity contribution in [1.29, 1.82) is 0 Å². The van der Waals surface area contributed by atoms with E-state index in [-0.39, 0.29) is 0 Å². The van der Waals surface area contributed by atoms with Crippen LogP contribution in [-0.4, -0.2) is 20.2 Å². The van der Waals surface area contributed by atoms with E-state index in [0.717, 1.165) is 11.3 Å². The van der Waals surface area contributed by atoms with Crippen LogP contribution in [0.2, 0.25) is 0 Å². The summed E-state index contributed by atoms with van der Waals surface area (Å²) in [6, 6.07) is 3.76. The Kier molecular flexibility index (Phi) is 2.18. The predicted octanol–water partition coefficient (Wildman–Crippen LogP) is 1.55. The molecule has 0 aliphatic heterocycles. The molecule has 2 heterocycles. The first-order valence-corrected chi connectivity index (χ1v) is 4.35. The first-order chi connectivity index (χ1) is 6.75. The number of aromatic nitrogens is 4. The van der Waals surface area contributed by atoms with Crippen molar-refractivity contribution in [3.8, 4) is 11.5 Å². The zero-order valence-corrected chi connectivity index (χ0v) is 8.10. The minimum absolute atomic E-state index is 0.614. The third-order valence-corrected chi connectivity index (χ3v) is 1.81. The van der Waals surface area contributed by atoms with Crippen LogP contribution in [0.4, 0.5) is 0 Å². The van der Waals surface area contributed by atoms with Gasteiger partial charge in [0.25, 0.3) is 0 Å². The predicted molar refractivity (Wildman–Crippen MR) is 52.5 cm³/mol. The summed E-state index contributed by atoms with van der Waals surface area (Å²) in [5, 5.41) is 7.95. The lowest BCUT2D eigenvalue weighted by atomic mass is 10.3. The van der Waals surface area contributed by atoms with E-state index in [1.54, 1.807) is 12.4 Å². The summed E-state index contributed by atoms with van der Waals surface area (Å²) in [6.45, 7) is 3.84. The molecule has 0 atom stereocenters. The number of nitrogens with zero attached hydrogens (tertiary/aromatic N) is 4. The van der Waals surface area contributed by atoms with Gasteiger partial charge in [-0.15, -0.1) is 5.10 Å². The van der Waals surface area contributed by atoms with E-state index >= 15 is 0 Å². The summed E-state index contributed by atoms with van der Waals surface area (Å²) >= 11 is 0. The molecule has 0 spiro atoms. The summed E-state index contributed by atoms with van der Waals surface area (Å²) in [4.78, 5) is 8.33. The topological polar surface area (TPSA) is 51.6 Å². The van der Waals surface area contributed by atoms with E-state index in [9.17, 15) is 0 Å². The molecule has 0 aliphatic carbocycles. The molecule has 0 amide bonds. The minimum atomic E-state index is 0.614. The molecule has 0 fully saturated rings. The molecule has 0 radical (unpaired) electrons. The summed E-state index contributed by atoms with van der Waals surface area (Å²) in [7, 11) is 0. The summed E-state index contributed by atoms with van der Waals surface area (Å²) in [5.41, 5.74) is 2.63. The average Bonchev–Trinajstić information content (AvgIpc) is 2.21. The fourth-order valence-corrected chi connectivity index (χ4v) is 1.04. The van der Waals surface area contributed by atoms with E-state index in [1.807, 2.05) is 26.0 Å². The Hall–Kier alpha value is -1.84. The van der Waals surface area contributed by atoms with Crippen molar-refractivity contribution < 1.29 is 0 Å². The van der Waals surface area contributed by atoms with Crippen LogP contribution in [0.3, 0.4) is 0 Å². The SMILES string of the molecule is Cc1cnc(-c2ccc(C)nn2)nc1. The largest absolute Gasteiger partial charge is 0.235 e. The zero-order valence-electron chi connectivity index (χ0n) is 8.10. The van der Waals surface area contributed by atoms with Gasteiger partial charge < -0.3 is 0 Å². The number of aryl methyl sites for hydroxylation is 2. The Morgan fingerprint density at radius 3 is 2.21 bits per heavy atom. The van der Waals surface area contributed by atoms with Crippen molar-refractivity contribution in [2.45, 2.75) is 13.8 Å². The molecule has 2 rings (SSSR count). The first-order valence-electron chi connectivity index (χ1n) is 4.35. The van der Waals surface area contributed by atoms with Gasteiger partial charge in [0.05, 0.1) is 5.69 Å². The van der Waals surface area contributed by atoms with Crippen molar-refractivity contribution in [3.05, 3.63) is 35.8 Å². The standard InChI is InChI=1S/C10H10N4/c1-7-5-11-10(12-6-7)9-4-3-8(2)13-14-9/h3-6H,1-2H3. The Morgan fingerprint density at radius 2 is 1.64 bits per heavy atom. The van der Waals surface area contributed by atoms with E-state index in [0.29, 0.717) is 11.5 Å². The second-order valence-electron chi connectivity index (χ2n) is 3.14. The summed E-state index contributed by atoms with van der Waals surface area (Å²) < 4.78 is 0. The zero-order chi connectivity index (χ0) is 9.97. The van der Waals surface area contributed by atoms with Gasteiger partial charge >= 0.3 is 0 Å². The van der Waals surface area contributed by atoms with Crippen molar-refractivity contribution in [3.63, 3.8) is 0 Å². The Balaban J connectivity index is 2.40. The van der Waals surface area contributed by atoms with Crippen LogP contribution in [-0.2, 0) is 0 Å². The maximum absolute atomic E-state index is 4.16. The lowest BCUT2D eigenvalue weighted by Gasteiger charge is -1.98. The Morgan fingerprint density at radius 1 is 0.929 bits per heavy atom. The highest BCUT2D eigenvalue weighted by Gasteiger charge is 2.01. The average molecular weight is 186 g/mol. The molecule has 0 N–H and O–H groups in total. The van der Waals surface area contributed by atoms with Gasteiger partial charge in [-0.25, -0.2) is 9.97 Å². The normalized spacial score (nSPS) is 10.1.